The first-order valence-corrected chi connectivity index (χ1v) is 5.35. The molecular formula is C13H18N2O. The minimum Gasteiger partial charge on any atom is -0.496 e. The maximum Gasteiger partial charge on any atom is 0.124 e. The molecule has 0 heterocycles. The second-order valence-corrected chi connectivity index (χ2v) is 3.99. The van der Waals surface area contributed by atoms with Crippen molar-refractivity contribution in [3.05, 3.63) is 28.8 Å². The van der Waals surface area contributed by atoms with Gasteiger partial charge in [-0.1, -0.05) is 12.1 Å². The maximum atomic E-state index is 8.67. The minimum absolute atomic E-state index is 0.122. The molecule has 1 aromatic rings. The Labute approximate surface area is 97.0 Å². The first-order chi connectivity index (χ1) is 7.58. The summed E-state index contributed by atoms with van der Waals surface area (Å²) in [7, 11) is 1.69. The second-order valence-electron chi connectivity index (χ2n) is 3.99. The van der Waals surface area contributed by atoms with Crippen LogP contribution in [-0.4, -0.2) is 13.2 Å². The van der Waals surface area contributed by atoms with E-state index < -0.39 is 0 Å². The number of ether oxygens (including phenoxy) is 1. The topological polar surface area (TPSA) is 45.0 Å². The van der Waals surface area contributed by atoms with Gasteiger partial charge in [-0.15, -0.1) is 0 Å². The number of benzene rings is 1. The van der Waals surface area contributed by atoms with Crippen LogP contribution in [0.25, 0.3) is 0 Å². The van der Waals surface area contributed by atoms with E-state index in [1.807, 2.05) is 20.8 Å². The summed E-state index contributed by atoms with van der Waals surface area (Å²) < 4.78 is 5.30. The molecule has 0 amide bonds. The highest BCUT2D eigenvalue weighted by molar-refractivity contribution is 5.43. The summed E-state index contributed by atoms with van der Waals surface area (Å²) in [6.45, 7) is 6.62. The average molecular weight is 218 g/mol. The Morgan fingerprint density at radius 2 is 1.94 bits per heavy atom. The summed E-state index contributed by atoms with van der Waals surface area (Å²) in [5, 5.41) is 11.8. The lowest BCUT2D eigenvalue weighted by atomic mass is 10.1. The number of nitrogens with zero attached hydrogens (tertiary/aromatic N) is 1. The molecule has 0 aliphatic carbocycles. The third-order valence-electron chi connectivity index (χ3n) is 2.53. The van der Waals surface area contributed by atoms with Gasteiger partial charge in [0.15, 0.2) is 0 Å². The molecule has 0 saturated carbocycles. The Balaban J connectivity index is 2.80. The van der Waals surface area contributed by atoms with E-state index in [4.69, 9.17) is 10.00 Å². The van der Waals surface area contributed by atoms with Crippen molar-refractivity contribution in [2.45, 2.75) is 33.4 Å². The molecule has 1 N–H and O–H groups in total. The van der Waals surface area contributed by atoms with E-state index in [-0.39, 0.29) is 6.04 Å². The van der Waals surface area contributed by atoms with Crippen LogP contribution < -0.4 is 10.1 Å². The van der Waals surface area contributed by atoms with E-state index >= 15 is 0 Å². The molecule has 0 aromatic heterocycles. The van der Waals surface area contributed by atoms with Gasteiger partial charge in [0, 0.05) is 6.54 Å². The van der Waals surface area contributed by atoms with E-state index in [9.17, 15) is 0 Å². The lowest BCUT2D eigenvalue weighted by Gasteiger charge is -2.12. The first-order valence-electron chi connectivity index (χ1n) is 5.35. The van der Waals surface area contributed by atoms with Crippen LogP contribution in [0.15, 0.2) is 12.1 Å². The zero-order chi connectivity index (χ0) is 12.1. The van der Waals surface area contributed by atoms with Gasteiger partial charge in [0.25, 0.3) is 0 Å². The number of methoxy groups -OCH3 is 1. The van der Waals surface area contributed by atoms with E-state index in [0.717, 1.165) is 16.9 Å². The molecule has 0 aliphatic rings. The van der Waals surface area contributed by atoms with Crippen LogP contribution in [0.4, 0.5) is 0 Å². The predicted molar refractivity (Wildman–Crippen MR) is 64.4 cm³/mol. The van der Waals surface area contributed by atoms with Crippen molar-refractivity contribution >= 4 is 0 Å². The Kier molecular flexibility index (Phi) is 4.33. The molecule has 0 spiro atoms. The van der Waals surface area contributed by atoms with Gasteiger partial charge in [0.05, 0.1) is 19.2 Å². The molecule has 1 aromatic carbocycles. The molecule has 3 nitrogen and oxygen atoms in total. The third-order valence-corrected chi connectivity index (χ3v) is 2.53. The number of hydrogen-bond donors (Lipinski definition) is 1. The van der Waals surface area contributed by atoms with Gasteiger partial charge < -0.3 is 4.74 Å². The molecule has 0 fully saturated rings. The van der Waals surface area contributed by atoms with Gasteiger partial charge in [-0.2, -0.15) is 5.26 Å². The first kappa shape index (κ1) is 12.5. The van der Waals surface area contributed by atoms with E-state index in [2.05, 4.69) is 23.5 Å². The number of hydrogen-bond acceptors (Lipinski definition) is 3. The summed E-state index contributed by atoms with van der Waals surface area (Å²) in [5.41, 5.74) is 3.44. The third kappa shape index (κ3) is 2.98. The molecule has 1 rings (SSSR count). The standard InChI is InChI=1S/C13H18N2O/c1-9-5-12(8-15-11(3)7-14)6-10(2)13(9)16-4/h5-6,11,15H,8H2,1-4H3. The van der Waals surface area contributed by atoms with Crippen molar-refractivity contribution in [2.24, 2.45) is 0 Å². The van der Waals surface area contributed by atoms with Crippen LogP contribution in [0.3, 0.4) is 0 Å². The fraction of sp³-hybridized carbons (Fsp3) is 0.462. The zero-order valence-corrected chi connectivity index (χ0v) is 10.3. The molecule has 0 aliphatic heterocycles. The highest BCUT2D eigenvalue weighted by Gasteiger charge is 2.06. The molecule has 0 radical (unpaired) electrons. The van der Waals surface area contributed by atoms with Gasteiger partial charge in [-0.25, -0.2) is 0 Å². The van der Waals surface area contributed by atoms with E-state index in [0.29, 0.717) is 6.54 Å². The number of nitrogens with one attached hydrogen (secondary N) is 1. The number of rotatable bonds is 4. The van der Waals surface area contributed by atoms with Gasteiger partial charge in [0.2, 0.25) is 0 Å². The van der Waals surface area contributed by atoms with Crippen LogP contribution in [-0.2, 0) is 6.54 Å². The molecule has 16 heavy (non-hydrogen) atoms. The molecule has 0 saturated heterocycles. The largest absolute Gasteiger partial charge is 0.496 e. The van der Waals surface area contributed by atoms with Crippen LogP contribution in [0.5, 0.6) is 5.75 Å². The molecule has 86 valence electrons. The van der Waals surface area contributed by atoms with Crippen LogP contribution >= 0.6 is 0 Å². The van der Waals surface area contributed by atoms with E-state index in [1.165, 1.54) is 5.56 Å². The monoisotopic (exact) mass is 218 g/mol. The van der Waals surface area contributed by atoms with Crippen molar-refractivity contribution in [2.75, 3.05) is 7.11 Å². The predicted octanol–water partition coefficient (Wildman–Crippen LogP) is 2.31. The smallest absolute Gasteiger partial charge is 0.124 e. The fourth-order valence-electron chi connectivity index (χ4n) is 1.78. The molecule has 0 bridgehead atoms. The van der Waals surface area contributed by atoms with Crippen molar-refractivity contribution in [3.8, 4) is 11.8 Å². The van der Waals surface area contributed by atoms with Crippen molar-refractivity contribution < 1.29 is 4.74 Å². The molecule has 1 unspecified atom stereocenters. The molecular weight excluding hydrogens is 200 g/mol. The maximum absolute atomic E-state index is 8.67. The average Bonchev–Trinajstić information content (AvgIpc) is 2.25. The van der Waals surface area contributed by atoms with Crippen molar-refractivity contribution in [3.63, 3.8) is 0 Å². The lowest BCUT2D eigenvalue weighted by Crippen LogP contribution is -2.23. The SMILES string of the molecule is COc1c(C)cc(CNC(C)C#N)cc1C. The van der Waals surface area contributed by atoms with Crippen LogP contribution in [0.1, 0.15) is 23.6 Å². The Bertz CT molecular complexity index is 384. The highest BCUT2D eigenvalue weighted by Crippen LogP contribution is 2.24. The number of aryl methyl sites for hydroxylation is 2. The van der Waals surface area contributed by atoms with Crippen LogP contribution in [0, 0.1) is 25.2 Å². The van der Waals surface area contributed by atoms with Crippen molar-refractivity contribution in [1.29, 1.82) is 5.26 Å². The van der Waals surface area contributed by atoms with Gasteiger partial charge in [-0.3, -0.25) is 5.32 Å². The highest BCUT2D eigenvalue weighted by atomic mass is 16.5. The fourth-order valence-corrected chi connectivity index (χ4v) is 1.78. The van der Waals surface area contributed by atoms with Gasteiger partial charge in [-0.05, 0) is 37.5 Å². The number of nitriles is 1. The Morgan fingerprint density at radius 3 is 2.38 bits per heavy atom. The van der Waals surface area contributed by atoms with E-state index in [1.54, 1.807) is 7.11 Å². The Morgan fingerprint density at radius 1 is 1.38 bits per heavy atom. The lowest BCUT2D eigenvalue weighted by molar-refractivity contribution is 0.408. The van der Waals surface area contributed by atoms with Gasteiger partial charge in [0.1, 0.15) is 5.75 Å². The summed E-state index contributed by atoms with van der Waals surface area (Å²) in [4.78, 5) is 0. The molecule has 3 heteroatoms. The minimum atomic E-state index is -0.122. The van der Waals surface area contributed by atoms with Crippen molar-refractivity contribution in [1.82, 2.24) is 5.32 Å². The molecule has 1 atom stereocenters. The Hall–Kier alpha value is -1.53. The summed E-state index contributed by atoms with van der Waals surface area (Å²) in [6, 6.07) is 6.20. The zero-order valence-electron chi connectivity index (χ0n) is 10.3. The summed E-state index contributed by atoms with van der Waals surface area (Å²) in [6.07, 6.45) is 0. The normalized spacial score (nSPS) is 11.9. The summed E-state index contributed by atoms with van der Waals surface area (Å²) >= 11 is 0. The van der Waals surface area contributed by atoms with Crippen LogP contribution in [0.2, 0.25) is 0 Å². The van der Waals surface area contributed by atoms with Gasteiger partial charge >= 0.3 is 0 Å². The quantitative estimate of drug-likeness (QED) is 0.843. The second kappa shape index (κ2) is 5.53. The summed E-state index contributed by atoms with van der Waals surface area (Å²) in [5.74, 6) is 0.942.